The Morgan fingerprint density at radius 1 is 1.13 bits per heavy atom. The van der Waals surface area contributed by atoms with E-state index in [1.807, 2.05) is 18.2 Å². The normalized spacial score (nSPS) is 10.2. The van der Waals surface area contributed by atoms with Crippen molar-refractivity contribution in [3.8, 4) is 11.5 Å². The van der Waals surface area contributed by atoms with Crippen LogP contribution in [0.5, 0.6) is 11.5 Å². The molecule has 2 aromatic carbocycles. The van der Waals surface area contributed by atoms with Crippen molar-refractivity contribution in [1.29, 1.82) is 0 Å². The van der Waals surface area contributed by atoms with Crippen LogP contribution in [0.25, 0.3) is 0 Å². The number of benzene rings is 2. The minimum absolute atomic E-state index is 0.0274. The second-order valence-corrected chi connectivity index (χ2v) is 5.19. The van der Waals surface area contributed by atoms with Crippen LogP contribution in [0.1, 0.15) is 5.56 Å². The van der Waals surface area contributed by atoms with Gasteiger partial charge >= 0.3 is 0 Å². The molecule has 0 radical (unpaired) electrons. The minimum atomic E-state index is -0.473. The molecular weight excluding hydrogens is 320 g/mol. The van der Waals surface area contributed by atoms with E-state index in [9.17, 15) is 10.1 Å². The standard InChI is InChI=1S/C16H17ClN2O4/c1-22-15-6-3-11(9-16(15)23-2)7-8-18-14-5-4-12(19(20)21)10-13(14)17/h3-6,9-10,18H,7-8H2,1-2H3. The second kappa shape index (κ2) is 7.69. The summed E-state index contributed by atoms with van der Waals surface area (Å²) < 4.78 is 10.5. The maximum atomic E-state index is 10.7. The lowest BCUT2D eigenvalue weighted by molar-refractivity contribution is -0.384. The average Bonchev–Trinajstić information content (AvgIpc) is 2.55. The van der Waals surface area contributed by atoms with Gasteiger partial charge in [-0.05, 0) is 30.2 Å². The lowest BCUT2D eigenvalue weighted by Crippen LogP contribution is -2.05. The molecule has 23 heavy (non-hydrogen) atoms. The molecule has 0 aliphatic rings. The van der Waals surface area contributed by atoms with Gasteiger partial charge in [-0.15, -0.1) is 0 Å². The van der Waals surface area contributed by atoms with Crippen LogP contribution in [0.3, 0.4) is 0 Å². The van der Waals surface area contributed by atoms with E-state index in [2.05, 4.69) is 5.32 Å². The van der Waals surface area contributed by atoms with Gasteiger partial charge in [0.2, 0.25) is 0 Å². The second-order valence-electron chi connectivity index (χ2n) is 4.79. The lowest BCUT2D eigenvalue weighted by Gasteiger charge is -2.11. The molecule has 0 spiro atoms. The molecule has 0 bridgehead atoms. The Balaban J connectivity index is 1.98. The Hall–Kier alpha value is -2.47. The van der Waals surface area contributed by atoms with E-state index < -0.39 is 4.92 Å². The number of ether oxygens (including phenoxy) is 2. The molecule has 0 aliphatic carbocycles. The fourth-order valence-electron chi connectivity index (χ4n) is 2.14. The average molecular weight is 337 g/mol. The van der Waals surface area contributed by atoms with E-state index in [0.717, 1.165) is 12.0 Å². The van der Waals surface area contributed by atoms with Gasteiger partial charge in [0.05, 0.1) is 29.9 Å². The highest BCUT2D eigenvalue weighted by atomic mass is 35.5. The highest BCUT2D eigenvalue weighted by Crippen LogP contribution is 2.28. The van der Waals surface area contributed by atoms with Crippen molar-refractivity contribution in [3.05, 3.63) is 57.1 Å². The summed E-state index contributed by atoms with van der Waals surface area (Å²) >= 11 is 6.04. The third-order valence-corrected chi connectivity index (χ3v) is 3.65. The van der Waals surface area contributed by atoms with Gasteiger partial charge in [-0.25, -0.2) is 0 Å². The summed E-state index contributed by atoms with van der Waals surface area (Å²) in [6.07, 6.45) is 0.744. The number of nitro groups is 1. The first-order chi connectivity index (χ1) is 11.0. The van der Waals surface area contributed by atoms with Crippen LogP contribution in [0.4, 0.5) is 11.4 Å². The van der Waals surface area contributed by atoms with Crippen molar-refractivity contribution in [3.63, 3.8) is 0 Å². The first kappa shape index (κ1) is 16.9. The van der Waals surface area contributed by atoms with Crippen molar-refractivity contribution in [2.45, 2.75) is 6.42 Å². The van der Waals surface area contributed by atoms with Gasteiger partial charge < -0.3 is 14.8 Å². The van der Waals surface area contributed by atoms with Crippen LogP contribution in [0.15, 0.2) is 36.4 Å². The number of halogens is 1. The number of nitrogens with zero attached hydrogens (tertiary/aromatic N) is 1. The van der Waals surface area contributed by atoms with Crippen molar-refractivity contribution in [1.82, 2.24) is 0 Å². The molecule has 0 heterocycles. The Bertz CT molecular complexity index is 706. The summed E-state index contributed by atoms with van der Waals surface area (Å²) in [6.45, 7) is 0.632. The molecule has 0 amide bonds. The van der Waals surface area contributed by atoms with Crippen LogP contribution in [0.2, 0.25) is 5.02 Å². The number of rotatable bonds is 7. The van der Waals surface area contributed by atoms with Crippen LogP contribution in [-0.4, -0.2) is 25.7 Å². The summed E-state index contributed by atoms with van der Waals surface area (Å²) in [7, 11) is 3.19. The monoisotopic (exact) mass is 336 g/mol. The number of hydrogen-bond donors (Lipinski definition) is 1. The maximum absolute atomic E-state index is 10.7. The lowest BCUT2D eigenvalue weighted by atomic mass is 10.1. The van der Waals surface area contributed by atoms with E-state index in [1.54, 1.807) is 20.3 Å². The molecule has 6 nitrogen and oxygen atoms in total. The van der Waals surface area contributed by atoms with Gasteiger partial charge in [-0.1, -0.05) is 17.7 Å². The molecule has 0 aromatic heterocycles. The fourth-order valence-corrected chi connectivity index (χ4v) is 2.38. The van der Waals surface area contributed by atoms with E-state index in [-0.39, 0.29) is 5.69 Å². The van der Waals surface area contributed by atoms with E-state index in [0.29, 0.717) is 28.8 Å². The first-order valence-electron chi connectivity index (χ1n) is 6.94. The molecule has 0 aliphatic heterocycles. The zero-order chi connectivity index (χ0) is 16.8. The molecule has 0 saturated heterocycles. The van der Waals surface area contributed by atoms with Gasteiger partial charge in [-0.2, -0.15) is 0 Å². The molecule has 0 unspecified atom stereocenters. The van der Waals surface area contributed by atoms with E-state index >= 15 is 0 Å². The van der Waals surface area contributed by atoms with Gasteiger partial charge in [0.15, 0.2) is 11.5 Å². The summed E-state index contributed by atoms with van der Waals surface area (Å²) in [5.74, 6) is 1.36. The van der Waals surface area contributed by atoms with Gasteiger partial charge in [-0.3, -0.25) is 10.1 Å². The third-order valence-electron chi connectivity index (χ3n) is 3.34. The molecule has 0 fully saturated rings. The summed E-state index contributed by atoms with van der Waals surface area (Å²) in [6, 6.07) is 10.1. The summed E-state index contributed by atoms with van der Waals surface area (Å²) in [5.41, 5.74) is 1.71. The zero-order valence-corrected chi connectivity index (χ0v) is 13.6. The van der Waals surface area contributed by atoms with E-state index in [4.69, 9.17) is 21.1 Å². The smallest absolute Gasteiger partial charge is 0.271 e. The van der Waals surface area contributed by atoms with Crippen molar-refractivity contribution in [2.75, 3.05) is 26.1 Å². The van der Waals surface area contributed by atoms with Gasteiger partial charge in [0, 0.05) is 18.7 Å². The minimum Gasteiger partial charge on any atom is -0.493 e. The molecule has 7 heteroatoms. The Kier molecular flexibility index (Phi) is 5.65. The Morgan fingerprint density at radius 2 is 1.87 bits per heavy atom. The molecule has 0 saturated carbocycles. The fraction of sp³-hybridized carbons (Fsp3) is 0.250. The number of nitrogens with one attached hydrogen (secondary N) is 1. The SMILES string of the molecule is COc1ccc(CCNc2ccc([N+](=O)[O-])cc2Cl)cc1OC. The number of hydrogen-bond acceptors (Lipinski definition) is 5. The molecule has 122 valence electrons. The van der Waals surface area contributed by atoms with E-state index in [1.165, 1.54) is 12.1 Å². The van der Waals surface area contributed by atoms with Gasteiger partial charge in [0.25, 0.3) is 5.69 Å². The molecular formula is C16H17ClN2O4. The zero-order valence-electron chi connectivity index (χ0n) is 12.8. The third kappa shape index (κ3) is 4.26. The summed E-state index contributed by atoms with van der Waals surface area (Å²) in [5, 5.41) is 14.2. The van der Waals surface area contributed by atoms with Crippen molar-refractivity contribution >= 4 is 23.0 Å². The number of methoxy groups -OCH3 is 2. The number of non-ortho nitro benzene ring substituents is 1. The van der Waals surface area contributed by atoms with Crippen molar-refractivity contribution < 1.29 is 14.4 Å². The Morgan fingerprint density at radius 3 is 2.48 bits per heavy atom. The number of nitro benzene ring substituents is 1. The van der Waals surface area contributed by atoms with Crippen molar-refractivity contribution in [2.24, 2.45) is 0 Å². The highest BCUT2D eigenvalue weighted by molar-refractivity contribution is 6.33. The highest BCUT2D eigenvalue weighted by Gasteiger charge is 2.09. The molecule has 0 atom stereocenters. The van der Waals surface area contributed by atoms with Crippen LogP contribution in [-0.2, 0) is 6.42 Å². The first-order valence-corrected chi connectivity index (χ1v) is 7.31. The Labute approximate surface area is 139 Å². The predicted molar refractivity (Wildman–Crippen MR) is 89.8 cm³/mol. The maximum Gasteiger partial charge on any atom is 0.271 e. The molecule has 2 aromatic rings. The largest absolute Gasteiger partial charge is 0.493 e. The van der Waals surface area contributed by atoms with Crippen LogP contribution < -0.4 is 14.8 Å². The quantitative estimate of drug-likeness (QED) is 0.612. The number of anilines is 1. The molecule has 2 rings (SSSR count). The predicted octanol–water partition coefficient (Wildman–Crippen LogP) is 3.92. The summed E-state index contributed by atoms with van der Waals surface area (Å²) in [4.78, 5) is 10.2. The van der Waals surface area contributed by atoms with Crippen LogP contribution in [0, 0.1) is 10.1 Å². The molecule has 1 N–H and O–H groups in total. The topological polar surface area (TPSA) is 73.6 Å². The van der Waals surface area contributed by atoms with Gasteiger partial charge in [0.1, 0.15) is 0 Å². The van der Waals surface area contributed by atoms with Crippen LogP contribution >= 0.6 is 11.6 Å².